The highest BCUT2D eigenvalue weighted by molar-refractivity contribution is 6.12. The van der Waals surface area contributed by atoms with Gasteiger partial charge in [0.05, 0.1) is 13.1 Å². The van der Waals surface area contributed by atoms with Gasteiger partial charge in [-0.25, -0.2) is 9.18 Å². The van der Waals surface area contributed by atoms with Crippen LogP contribution in [0.25, 0.3) is 0 Å². The number of carbonyl (C=O) groups is 7. The van der Waals surface area contributed by atoms with E-state index in [1.54, 1.807) is 38.1 Å². The van der Waals surface area contributed by atoms with Crippen molar-refractivity contribution in [1.29, 1.82) is 0 Å². The molecule has 48 heavy (non-hydrogen) atoms. The molecule has 7 amide bonds. The minimum absolute atomic E-state index is 0.00776. The Morgan fingerprint density at radius 2 is 1.62 bits per heavy atom. The van der Waals surface area contributed by atoms with Gasteiger partial charge in [0.15, 0.2) is 0 Å². The normalized spacial score (nSPS) is 17.8. The number of unbranched alkanes of at least 4 members (excludes halogenated alkanes) is 2. The molecular formula is C32H43FN6O9. The average Bonchev–Trinajstić information content (AvgIpc) is 3.60. The Morgan fingerprint density at radius 3 is 2.27 bits per heavy atom. The lowest BCUT2D eigenvalue weighted by Gasteiger charge is -2.21. The van der Waals surface area contributed by atoms with E-state index in [0.717, 1.165) is 4.90 Å². The average molecular weight is 675 g/mol. The minimum atomic E-state index is -1.34. The van der Waals surface area contributed by atoms with Crippen LogP contribution in [0.3, 0.4) is 0 Å². The number of benzene rings is 1. The first-order valence-electron chi connectivity index (χ1n) is 15.8. The molecule has 1 aromatic carbocycles. The molecule has 0 radical (unpaired) electrons. The summed E-state index contributed by atoms with van der Waals surface area (Å²) in [6.07, 6.45) is 2.26. The molecule has 1 aromatic rings. The number of aliphatic hydroxyl groups excluding tert-OH is 1. The number of ether oxygens (including phenoxy) is 1. The summed E-state index contributed by atoms with van der Waals surface area (Å²) in [5, 5.41) is 19.1. The maximum absolute atomic E-state index is 14.3. The van der Waals surface area contributed by atoms with Crippen LogP contribution in [0.5, 0.6) is 0 Å². The van der Waals surface area contributed by atoms with Gasteiger partial charge in [-0.3, -0.25) is 33.7 Å². The summed E-state index contributed by atoms with van der Waals surface area (Å²) >= 11 is 0. The van der Waals surface area contributed by atoms with E-state index in [0.29, 0.717) is 30.5 Å². The van der Waals surface area contributed by atoms with Crippen LogP contribution in [0, 0.1) is 11.8 Å². The third-order valence-electron chi connectivity index (χ3n) is 7.80. The second kappa shape index (κ2) is 18.5. The van der Waals surface area contributed by atoms with Crippen molar-refractivity contribution in [2.24, 2.45) is 11.8 Å². The fourth-order valence-electron chi connectivity index (χ4n) is 5.04. The maximum atomic E-state index is 14.3. The van der Waals surface area contributed by atoms with Crippen LogP contribution in [-0.4, -0.2) is 108 Å². The van der Waals surface area contributed by atoms with Crippen molar-refractivity contribution >= 4 is 47.2 Å². The first-order valence-corrected chi connectivity index (χ1v) is 15.8. The highest BCUT2D eigenvalue weighted by Gasteiger charge is 2.36. The summed E-state index contributed by atoms with van der Waals surface area (Å²) in [5.74, 6) is -3.50. The molecule has 3 atom stereocenters. The standard InChI is InChI=1S/C32H43FN6O9/c1-20(2)30(37-25(41)6-4-3-5-13-39-28(44)11-12-29(39)45)31(46)35-15-26(42)36-23-9-7-21(8-10-23)19-48-32(47)38-16-22(24(33)17-38)14-34-27(43)18-40/h7-12,20,22,24,30,40H,3-6,13-19H2,1-2H3,(H,34,43)(H,35,46)(H,36,42)(H,37,41)/t22-,24+,30?/m1/s1. The number of hydrogen-bond acceptors (Lipinski definition) is 9. The van der Waals surface area contributed by atoms with Gasteiger partial charge in [0, 0.05) is 49.8 Å². The van der Waals surface area contributed by atoms with E-state index in [4.69, 9.17) is 9.84 Å². The van der Waals surface area contributed by atoms with Gasteiger partial charge in [-0.05, 0) is 36.5 Å². The second-order valence-corrected chi connectivity index (χ2v) is 11.9. The number of halogens is 1. The molecule has 0 bridgehead atoms. The van der Waals surface area contributed by atoms with Gasteiger partial charge in [0.1, 0.15) is 25.4 Å². The first kappa shape index (κ1) is 37.6. The van der Waals surface area contributed by atoms with Crippen LogP contribution in [0.4, 0.5) is 14.9 Å². The molecule has 2 aliphatic heterocycles. The molecule has 2 heterocycles. The van der Waals surface area contributed by atoms with E-state index >= 15 is 0 Å². The van der Waals surface area contributed by atoms with Crippen LogP contribution < -0.4 is 21.3 Å². The lowest BCUT2D eigenvalue weighted by Crippen LogP contribution is -2.51. The van der Waals surface area contributed by atoms with E-state index in [1.165, 1.54) is 17.1 Å². The lowest BCUT2D eigenvalue weighted by molar-refractivity contribution is -0.137. The van der Waals surface area contributed by atoms with Crippen molar-refractivity contribution < 1.29 is 47.8 Å². The molecule has 1 unspecified atom stereocenters. The van der Waals surface area contributed by atoms with E-state index < -0.39 is 48.6 Å². The molecule has 0 spiro atoms. The predicted octanol–water partition coefficient (Wildman–Crippen LogP) is 0.383. The number of anilines is 1. The fraction of sp³-hybridized carbons (Fsp3) is 0.531. The maximum Gasteiger partial charge on any atom is 0.410 e. The Bertz CT molecular complexity index is 1350. The molecule has 3 rings (SSSR count). The summed E-state index contributed by atoms with van der Waals surface area (Å²) in [4.78, 5) is 86.8. The summed E-state index contributed by atoms with van der Waals surface area (Å²) in [6.45, 7) is 2.57. The molecule has 1 saturated heterocycles. The van der Waals surface area contributed by atoms with E-state index in [9.17, 15) is 38.0 Å². The van der Waals surface area contributed by atoms with Crippen LogP contribution in [0.2, 0.25) is 0 Å². The molecule has 0 aliphatic carbocycles. The minimum Gasteiger partial charge on any atom is -0.445 e. The Kier molecular flexibility index (Phi) is 14.5. The first-order chi connectivity index (χ1) is 22.9. The Morgan fingerprint density at radius 1 is 0.938 bits per heavy atom. The van der Waals surface area contributed by atoms with Crippen molar-refractivity contribution in [2.75, 3.05) is 44.6 Å². The number of nitrogens with zero attached hydrogens (tertiary/aromatic N) is 2. The molecular weight excluding hydrogens is 631 g/mol. The monoisotopic (exact) mass is 674 g/mol. The number of carbonyl (C=O) groups excluding carboxylic acids is 7. The number of rotatable bonds is 17. The van der Waals surface area contributed by atoms with Gasteiger partial charge in [-0.15, -0.1) is 0 Å². The van der Waals surface area contributed by atoms with Crippen molar-refractivity contribution in [3.05, 3.63) is 42.0 Å². The fourth-order valence-corrected chi connectivity index (χ4v) is 5.04. The molecule has 16 heteroatoms. The van der Waals surface area contributed by atoms with Crippen LogP contribution >= 0.6 is 0 Å². The Labute approximate surface area is 277 Å². The zero-order valence-corrected chi connectivity index (χ0v) is 27.0. The Balaban J connectivity index is 1.33. The zero-order chi connectivity index (χ0) is 35.2. The van der Waals surface area contributed by atoms with Crippen LogP contribution in [-0.2, 0) is 40.1 Å². The molecule has 5 N–H and O–H groups in total. The van der Waals surface area contributed by atoms with Gasteiger partial charge in [0.2, 0.25) is 23.6 Å². The van der Waals surface area contributed by atoms with Crippen molar-refractivity contribution in [2.45, 2.75) is 58.4 Å². The molecule has 2 aliphatic rings. The molecule has 262 valence electrons. The highest BCUT2D eigenvalue weighted by Crippen LogP contribution is 2.21. The number of imide groups is 1. The van der Waals surface area contributed by atoms with Gasteiger partial charge in [0.25, 0.3) is 11.8 Å². The number of aliphatic hydroxyl groups is 1. The predicted molar refractivity (Wildman–Crippen MR) is 169 cm³/mol. The van der Waals surface area contributed by atoms with Gasteiger partial charge in [-0.2, -0.15) is 0 Å². The van der Waals surface area contributed by atoms with E-state index in [2.05, 4.69) is 21.3 Å². The van der Waals surface area contributed by atoms with Crippen molar-refractivity contribution in [3.8, 4) is 0 Å². The molecule has 1 fully saturated rings. The summed E-state index contributed by atoms with van der Waals surface area (Å²) in [6, 6.07) is 5.58. The Hall–Kier alpha value is -4.86. The largest absolute Gasteiger partial charge is 0.445 e. The number of amides is 7. The van der Waals surface area contributed by atoms with Crippen molar-refractivity contribution in [1.82, 2.24) is 25.8 Å². The van der Waals surface area contributed by atoms with Gasteiger partial charge < -0.3 is 36.0 Å². The smallest absolute Gasteiger partial charge is 0.410 e. The van der Waals surface area contributed by atoms with Gasteiger partial charge >= 0.3 is 6.09 Å². The summed E-state index contributed by atoms with van der Waals surface area (Å²) in [7, 11) is 0. The third kappa shape index (κ3) is 11.7. The third-order valence-corrected chi connectivity index (χ3v) is 7.80. The lowest BCUT2D eigenvalue weighted by atomic mass is 10.0. The van der Waals surface area contributed by atoms with Crippen molar-refractivity contribution in [3.63, 3.8) is 0 Å². The van der Waals surface area contributed by atoms with Gasteiger partial charge in [-0.1, -0.05) is 32.4 Å². The zero-order valence-electron chi connectivity index (χ0n) is 27.0. The SMILES string of the molecule is CC(C)C(NC(=O)CCCCCN1C(=O)C=CC1=O)C(=O)NCC(=O)Nc1ccc(COC(=O)N2C[C@@H](CNC(=O)CO)[C@@H](F)C2)cc1. The van der Waals surface area contributed by atoms with E-state index in [1.807, 2.05) is 0 Å². The molecule has 0 aromatic heterocycles. The van der Waals surface area contributed by atoms with Crippen LogP contribution in [0.15, 0.2) is 36.4 Å². The highest BCUT2D eigenvalue weighted by atomic mass is 19.1. The number of alkyl halides is 1. The topological polar surface area (TPSA) is 204 Å². The van der Waals surface area contributed by atoms with Crippen LogP contribution in [0.1, 0.15) is 45.1 Å². The number of hydrogen-bond donors (Lipinski definition) is 5. The molecule has 0 saturated carbocycles. The summed E-state index contributed by atoms with van der Waals surface area (Å²) in [5.41, 5.74) is 1.04. The summed E-state index contributed by atoms with van der Waals surface area (Å²) < 4.78 is 19.5. The number of likely N-dealkylation sites (tertiary alicyclic amines) is 1. The quantitative estimate of drug-likeness (QED) is 0.114. The molecule has 15 nitrogen and oxygen atoms in total. The second-order valence-electron chi connectivity index (χ2n) is 11.9. The van der Waals surface area contributed by atoms with E-state index in [-0.39, 0.29) is 69.4 Å². The number of nitrogens with one attached hydrogen (secondary N) is 4.